The normalized spacial score (nSPS) is 21.6. The van der Waals surface area contributed by atoms with Gasteiger partial charge in [-0.1, -0.05) is 0 Å². The molecule has 5 nitrogen and oxygen atoms in total. The molecule has 1 saturated heterocycles. The van der Waals surface area contributed by atoms with E-state index in [-0.39, 0.29) is 6.10 Å². The molecule has 1 aromatic heterocycles. The van der Waals surface area contributed by atoms with E-state index in [4.69, 9.17) is 15.2 Å². The van der Waals surface area contributed by atoms with E-state index in [0.29, 0.717) is 19.0 Å². The molecule has 2 N–H and O–H groups in total. The molecule has 0 saturated carbocycles. The lowest BCUT2D eigenvalue weighted by molar-refractivity contribution is -0.00420. The fourth-order valence-electron chi connectivity index (χ4n) is 1.41. The van der Waals surface area contributed by atoms with Crippen molar-refractivity contribution >= 4 is 5.69 Å². The molecule has 78 valence electrons. The number of anilines is 1. The van der Waals surface area contributed by atoms with Crippen LogP contribution in [0.5, 0.6) is 0 Å². The van der Waals surface area contributed by atoms with Crippen molar-refractivity contribution < 1.29 is 9.47 Å². The lowest BCUT2D eigenvalue weighted by Gasteiger charge is -2.10. The van der Waals surface area contributed by atoms with Gasteiger partial charge in [-0.3, -0.25) is 0 Å². The zero-order chi connectivity index (χ0) is 9.97. The fourth-order valence-corrected chi connectivity index (χ4v) is 1.41. The van der Waals surface area contributed by atoms with Gasteiger partial charge in [0, 0.05) is 6.61 Å². The Morgan fingerprint density at radius 1 is 1.79 bits per heavy atom. The Hall–Kier alpha value is -1.07. The van der Waals surface area contributed by atoms with Gasteiger partial charge in [-0.2, -0.15) is 5.10 Å². The molecule has 2 rings (SSSR count). The van der Waals surface area contributed by atoms with Crippen LogP contribution < -0.4 is 5.73 Å². The first-order valence-corrected chi connectivity index (χ1v) is 4.74. The molecule has 1 aliphatic rings. The quantitative estimate of drug-likeness (QED) is 0.768. The molecule has 0 spiro atoms. The van der Waals surface area contributed by atoms with Crippen LogP contribution in [0.1, 0.15) is 12.1 Å². The molecule has 1 unspecified atom stereocenters. The third-order valence-corrected chi connectivity index (χ3v) is 2.46. The standard InChI is InChI=1S/C9H15N3O2/c1-7-9(10)4-11-12(7)6-14-8-2-3-13-5-8/h4,8H,2-3,5-6,10H2,1H3. The van der Waals surface area contributed by atoms with Crippen molar-refractivity contribution in [1.29, 1.82) is 0 Å². The van der Waals surface area contributed by atoms with E-state index in [1.54, 1.807) is 10.9 Å². The number of nitrogens with zero attached hydrogens (tertiary/aromatic N) is 2. The maximum atomic E-state index is 5.66. The van der Waals surface area contributed by atoms with Crippen LogP contribution in [-0.4, -0.2) is 29.1 Å². The van der Waals surface area contributed by atoms with Crippen LogP contribution in [0.4, 0.5) is 5.69 Å². The van der Waals surface area contributed by atoms with E-state index in [9.17, 15) is 0 Å². The maximum absolute atomic E-state index is 5.66. The molecule has 1 fully saturated rings. The maximum Gasteiger partial charge on any atom is 0.140 e. The van der Waals surface area contributed by atoms with Gasteiger partial charge in [0.05, 0.1) is 30.3 Å². The van der Waals surface area contributed by atoms with Gasteiger partial charge in [0.1, 0.15) is 6.73 Å². The SMILES string of the molecule is Cc1c(N)cnn1COC1CCOC1. The molecular weight excluding hydrogens is 182 g/mol. The molecule has 0 bridgehead atoms. The average Bonchev–Trinajstić information content (AvgIpc) is 2.77. The minimum Gasteiger partial charge on any atom is -0.396 e. The highest BCUT2D eigenvalue weighted by Gasteiger charge is 2.16. The molecular formula is C9H15N3O2. The van der Waals surface area contributed by atoms with Crippen molar-refractivity contribution in [2.75, 3.05) is 18.9 Å². The number of nitrogens with two attached hydrogens (primary N) is 1. The van der Waals surface area contributed by atoms with Crippen LogP contribution in [-0.2, 0) is 16.2 Å². The monoisotopic (exact) mass is 197 g/mol. The fraction of sp³-hybridized carbons (Fsp3) is 0.667. The molecule has 2 heterocycles. The zero-order valence-electron chi connectivity index (χ0n) is 8.27. The molecule has 0 radical (unpaired) electrons. The Bertz CT molecular complexity index is 305. The highest BCUT2D eigenvalue weighted by Crippen LogP contribution is 2.12. The number of aromatic nitrogens is 2. The number of ether oxygens (including phenoxy) is 2. The smallest absolute Gasteiger partial charge is 0.140 e. The number of nitrogen functional groups attached to an aromatic ring is 1. The van der Waals surface area contributed by atoms with Gasteiger partial charge < -0.3 is 15.2 Å². The lowest BCUT2D eigenvalue weighted by Crippen LogP contribution is -2.16. The predicted molar refractivity (Wildman–Crippen MR) is 51.7 cm³/mol. The number of hydrogen-bond acceptors (Lipinski definition) is 4. The molecule has 1 aromatic rings. The number of rotatable bonds is 3. The largest absolute Gasteiger partial charge is 0.396 e. The molecule has 0 aromatic carbocycles. The second kappa shape index (κ2) is 3.98. The van der Waals surface area contributed by atoms with E-state index in [1.165, 1.54) is 0 Å². The van der Waals surface area contributed by atoms with Crippen molar-refractivity contribution in [3.8, 4) is 0 Å². The van der Waals surface area contributed by atoms with Crippen molar-refractivity contribution in [3.05, 3.63) is 11.9 Å². The highest BCUT2D eigenvalue weighted by molar-refractivity contribution is 5.39. The minimum absolute atomic E-state index is 0.208. The van der Waals surface area contributed by atoms with E-state index in [1.807, 2.05) is 6.92 Å². The van der Waals surface area contributed by atoms with E-state index in [2.05, 4.69) is 5.10 Å². The van der Waals surface area contributed by atoms with Crippen LogP contribution in [0.15, 0.2) is 6.20 Å². The van der Waals surface area contributed by atoms with Crippen LogP contribution in [0.3, 0.4) is 0 Å². The zero-order valence-corrected chi connectivity index (χ0v) is 8.27. The first-order valence-electron chi connectivity index (χ1n) is 4.74. The van der Waals surface area contributed by atoms with Gasteiger partial charge >= 0.3 is 0 Å². The van der Waals surface area contributed by atoms with Gasteiger partial charge in [0.15, 0.2) is 0 Å². The van der Waals surface area contributed by atoms with E-state index in [0.717, 1.165) is 18.7 Å². The topological polar surface area (TPSA) is 62.3 Å². The summed E-state index contributed by atoms with van der Waals surface area (Å²) < 4.78 is 12.6. The Morgan fingerprint density at radius 2 is 2.64 bits per heavy atom. The average molecular weight is 197 g/mol. The van der Waals surface area contributed by atoms with Crippen molar-refractivity contribution in [3.63, 3.8) is 0 Å². The number of hydrogen-bond donors (Lipinski definition) is 1. The van der Waals surface area contributed by atoms with Gasteiger partial charge in [-0.25, -0.2) is 4.68 Å². The first kappa shape index (κ1) is 9.48. The van der Waals surface area contributed by atoms with Crippen LogP contribution >= 0.6 is 0 Å². The summed E-state index contributed by atoms with van der Waals surface area (Å²) in [6.07, 6.45) is 2.82. The second-order valence-corrected chi connectivity index (χ2v) is 3.47. The molecule has 14 heavy (non-hydrogen) atoms. The molecule has 1 aliphatic heterocycles. The highest BCUT2D eigenvalue weighted by atomic mass is 16.5. The lowest BCUT2D eigenvalue weighted by atomic mass is 10.3. The summed E-state index contributed by atoms with van der Waals surface area (Å²) in [6, 6.07) is 0. The summed E-state index contributed by atoms with van der Waals surface area (Å²) in [4.78, 5) is 0. The van der Waals surface area contributed by atoms with Crippen LogP contribution in [0, 0.1) is 6.92 Å². The van der Waals surface area contributed by atoms with Gasteiger partial charge in [0.25, 0.3) is 0 Å². The van der Waals surface area contributed by atoms with Crippen LogP contribution in [0.2, 0.25) is 0 Å². The minimum atomic E-state index is 0.208. The van der Waals surface area contributed by atoms with Crippen molar-refractivity contribution in [1.82, 2.24) is 9.78 Å². The van der Waals surface area contributed by atoms with Gasteiger partial charge in [-0.15, -0.1) is 0 Å². The first-order chi connectivity index (χ1) is 6.77. The Labute approximate surface area is 82.8 Å². The van der Waals surface area contributed by atoms with E-state index >= 15 is 0 Å². The Balaban J connectivity index is 1.88. The van der Waals surface area contributed by atoms with Crippen LogP contribution in [0.25, 0.3) is 0 Å². The summed E-state index contributed by atoms with van der Waals surface area (Å²) in [5, 5.41) is 4.10. The second-order valence-electron chi connectivity index (χ2n) is 3.47. The molecule has 1 atom stereocenters. The van der Waals surface area contributed by atoms with Gasteiger partial charge in [0.2, 0.25) is 0 Å². The predicted octanol–water partition coefficient (Wildman–Crippen LogP) is 0.537. The van der Waals surface area contributed by atoms with Gasteiger partial charge in [-0.05, 0) is 13.3 Å². The molecule has 0 amide bonds. The Kier molecular flexibility index (Phi) is 2.69. The summed E-state index contributed by atoms with van der Waals surface area (Å²) in [5.41, 5.74) is 7.31. The third-order valence-electron chi connectivity index (χ3n) is 2.46. The summed E-state index contributed by atoms with van der Waals surface area (Å²) in [5.74, 6) is 0. The van der Waals surface area contributed by atoms with E-state index < -0.39 is 0 Å². The third kappa shape index (κ3) is 1.88. The summed E-state index contributed by atoms with van der Waals surface area (Å²) >= 11 is 0. The summed E-state index contributed by atoms with van der Waals surface area (Å²) in [6.45, 7) is 3.87. The molecule has 0 aliphatic carbocycles. The Morgan fingerprint density at radius 3 is 3.21 bits per heavy atom. The van der Waals surface area contributed by atoms with Crippen molar-refractivity contribution in [2.45, 2.75) is 26.2 Å². The summed E-state index contributed by atoms with van der Waals surface area (Å²) in [7, 11) is 0. The van der Waals surface area contributed by atoms with Crippen molar-refractivity contribution in [2.24, 2.45) is 0 Å². The molecule has 5 heteroatoms.